The first-order chi connectivity index (χ1) is 13.6. The second-order valence-electron chi connectivity index (χ2n) is 6.41. The van der Waals surface area contributed by atoms with E-state index in [9.17, 15) is 9.59 Å². The van der Waals surface area contributed by atoms with Gasteiger partial charge in [0, 0.05) is 5.56 Å². The number of esters is 1. The lowest BCUT2D eigenvalue weighted by Crippen LogP contribution is -2.22. The van der Waals surface area contributed by atoms with E-state index in [1.165, 1.54) is 18.4 Å². The molecule has 1 amide bonds. The lowest BCUT2D eigenvalue weighted by molar-refractivity contribution is -0.141. The fourth-order valence-electron chi connectivity index (χ4n) is 3.29. The van der Waals surface area contributed by atoms with Crippen molar-refractivity contribution in [2.75, 3.05) is 7.11 Å². The van der Waals surface area contributed by atoms with Crippen LogP contribution in [-0.4, -0.2) is 23.6 Å². The summed E-state index contributed by atoms with van der Waals surface area (Å²) >= 11 is 1.39. The van der Waals surface area contributed by atoms with Crippen LogP contribution >= 0.6 is 11.3 Å². The second kappa shape index (κ2) is 7.40. The zero-order valence-corrected chi connectivity index (χ0v) is 16.3. The first-order valence-electron chi connectivity index (χ1n) is 8.81. The quantitative estimate of drug-likeness (QED) is 0.495. The van der Waals surface area contributed by atoms with Crippen molar-refractivity contribution in [3.8, 4) is 0 Å². The summed E-state index contributed by atoms with van der Waals surface area (Å²) in [4.78, 5) is 29.8. The summed E-state index contributed by atoms with van der Waals surface area (Å²) in [7, 11) is 1.35. The zero-order valence-electron chi connectivity index (χ0n) is 15.5. The molecular weight excluding hydrogens is 372 g/mol. The number of methoxy groups -OCH3 is 1. The number of aromatic nitrogens is 1. The molecular formula is C22H18N2O3S. The van der Waals surface area contributed by atoms with Gasteiger partial charge < -0.3 is 9.30 Å². The van der Waals surface area contributed by atoms with Crippen molar-refractivity contribution in [1.82, 2.24) is 4.57 Å². The lowest BCUT2D eigenvalue weighted by atomic mass is 10.0. The van der Waals surface area contributed by atoms with Crippen LogP contribution in [0.25, 0.3) is 21.0 Å². The van der Waals surface area contributed by atoms with Gasteiger partial charge in [0.1, 0.15) is 6.54 Å². The molecule has 1 aromatic heterocycles. The average molecular weight is 390 g/mol. The van der Waals surface area contributed by atoms with E-state index in [4.69, 9.17) is 4.74 Å². The summed E-state index contributed by atoms with van der Waals surface area (Å²) in [6, 6.07) is 19.2. The minimum atomic E-state index is -0.387. The second-order valence-corrected chi connectivity index (χ2v) is 7.42. The predicted molar refractivity (Wildman–Crippen MR) is 110 cm³/mol. The van der Waals surface area contributed by atoms with E-state index < -0.39 is 0 Å². The molecule has 5 nitrogen and oxygen atoms in total. The van der Waals surface area contributed by atoms with E-state index in [1.807, 2.05) is 61.5 Å². The maximum Gasteiger partial charge on any atom is 0.325 e. The minimum Gasteiger partial charge on any atom is -0.468 e. The highest BCUT2D eigenvalue weighted by atomic mass is 32.1. The number of nitrogens with zero attached hydrogens (tertiary/aromatic N) is 2. The summed E-state index contributed by atoms with van der Waals surface area (Å²) in [5.41, 5.74) is 2.44. The van der Waals surface area contributed by atoms with Crippen molar-refractivity contribution in [3.63, 3.8) is 0 Å². The summed E-state index contributed by atoms with van der Waals surface area (Å²) in [5.74, 6) is -0.721. The molecule has 0 radical (unpaired) electrons. The van der Waals surface area contributed by atoms with Gasteiger partial charge >= 0.3 is 5.97 Å². The molecule has 4 rings (SSSR count). The van der Waals surface area contributed by atoms with Gasteiger partial charge in [-0.2, -0.15) is 4.99 Å². The SMILES string of the molecule is COC(=O)Cn1c(=NC(=O)c2cccc3ccccc23)sc2cccc(C)c21. The first-order valence-corrected chi connectivity index (χ1v) is 9.62. The van der Waals surface area contributed by atoms with Crippen molar-refractivity contribution in [2.45, 2.75) is 13.5 Å². The largest absolute Gasteiger partial charge is 0.468 e. The Bertz CT molecular complexity index is 1280. The molecule has 140 valence electrons. The molecule has 28 heavy (non-hydrogen) atoms. The molecule has 0 unspecified atom stereocenters. The number of hydrogen-bond donors (Lipinski definition) is 0. The summed E-state index contributed by atoms with van der Waals surface area (Å²) < 4.78 is 7.55. The zero-order chi connectivity index (χ0) is 19.7. The van der Waals surface area contributed by atoms with Crippen molar-refractivity contribution in [1.29, 1.82) is 0 Å². The Balaban J connectivity index is 1.91. The molecule has 3 aromatic carbocycles. The van der Waals surface area contributed by atoms with Gasteiger partial charge in [0.2, 0.25) is 0 Å². The third-order valence-electron chi connectivity index (χ3n) is 4.63. The Labute approximate surface area is 165 Å². The van der Waals surface area contributed by atoms with E-state index in [0.717, 1.165) is 26.6 Å². The summed E-state index contributed by atoms with van der Waals surface area (Å²) in [6.45, 7) is 1.97. The Kier molecular flexibility index (Phi) is 4.79. The molecule has 0 saturated carbocycles. The average Bonchev–Trinajstić information content (AvgIpc) is 3.05. The van der Waals surface area contributed by atoms with Gasteiger partial charge in [0.05, 0.1) is 17.3 Å². The van der Waals surface area contributed by atoms with E-state index in [1.54, 1.807) is 10.6 Å². The van der Waals surface area contributed by atoms with Crippen LogP contribution in [0.3, 0.4) is 0 Å². The van der Waals surface area contributed by atoms with E-state index in [0.29, 0.717) is 10.4 Å². The van der Waals surface area contributed by atoms with Crippen LogP contribution in [-0.2, 0) is 16.1 Å². The van der Waals surface area contributed by atoms with Crippen LogP contribution in [0.2, 0.25) is 0 Å². The van der Waals surface area contributed by atoms with Gasteiger partial charge in [0.15, 0.2) is 4.80 Å². The highest BCUT2D eigenvalue weighted by Crippen LogP contribution is 2.22. The monoisotopic (exact) mass is 390 g/mol. The first kappa shape index (κ1) is 18.1. The van der Waals surface area contributed by atoms with Gasteiger partial charge in [-0.1, -0.05) is 59.9 Å². The van der Waals surface area contributed by atoms with Crippen molar-refractivity contribution in [3.05, 3.63) is 76.6 Å². The molecule has 0 fully saturated rings. The molecule has 0 saturated heterocycles. The van der Waals surface area contributed by atoms with E-state index >= 15 is 0 Å². The Morgan fingerprint density at radius 2 is 1.79 bits per heavy atom. The molecule has 0 N–H and O–H groups in total. The number of carbonyl (C=O) groups excluding carboxylic acids is 2. The van der Waals surface area contributed by atoms with Gasteiger partial charge in [0.25, 0.3) is 5.91 Å². The standard InChI is InChI=1S/C22H18N2O3S/c1-14-7-5-12-18-20(14)24(13-19(25)27-2)22(28-18)23-21(26)17-11-6-9-15-8-3-4-10-16(15)17/h3-12H,13H2,1-2H3. The molecule has 0 spiro atoms. The topological polar surface area (TPSA) is 60.7 Å². The van der Waals surface area contributed by atoms with Crippen LogP contribution < -0.4 is 4.80 Å². The van der Waals surface area contributed by atoms with E-state index in [2.05, 4.69) is 4.99 Å². The van der Waals surface area contributed by atoms with Crippen LogP contribution in [0.1, 0.15) is 15.9 Å². The van der Waals surface area contributed by atoms with Gasteiger partial charge in [-0.3, -0.25) is 9.59 Å². The predicted octanol–water partition coefficient (Wildman–Crippen LogP) is 4.08. The fourth-order valence-corrected chi connectivity index (χ4v) is 4.40. The van der Waals surface area contributed by atoms with Crippen LogP contribution in [0, 0.1) is 6.92 Å². The number of para-hydroxylation sites is 1. The highest BCUT2D eigenvalue weighted by molar-refractivity contribution is 7.16. The third kappa shape index (κ3) is 3.23. The minimum absolute atomic E-state index is 0.00298. The lowest BCUT2D eigenvalue weighted by Gasteiger charge is -2.06. The highest BCUT2D eigenvalue weighted by Gasteiger charge is 2.15. The van der Waals surface area contributed by atoms with E-state index in [-0.39, 0.29) is 18.4 Å². The number of carbonyl (C=O) groups is 2. The number of benzene rings is 3. The number of thiazole rings is 1. The number of rotatable bonds is 3. The maximum atomic E-state index is 13.0. The van der Waals surface area contributed by atoms with Crippen LogP contribution in [0.4, 0.5) is 0 Å². The number of aryl methyl sites for hydroxylation is 1. The number of fused-ring (bicyclic) bond motifs is 2. The summed E-state index contributed by atoms with van der Waals surface area (Å²) in [6.07, 6.45) is 0. The fraction of sp³-hybridized carbons (Fsp3) is 0.136. The number of ether oxygens (including phenoxy) is 1. The number of amides is 1. The smallest absolute Gasteiger partial charge is 0.325 e. The summed E-state index contributed by atoms with van der Waals surface area (Å²) in [5, 5.41) is 1.84. The molecule has 1 heterocycles. The molecule has 0 aliphatic rings. The molecule has 6 heteroatoms. The Hall–Kier alpha value is -3.25. The Morgan fingerprint density at radius 3 is 2.61 bits per heavy atom. The van der Waals surface area contributed by atoms with Gasteiger partial charge in [-0.15, -0.1) is 0 Å². The van der Waals surface area contributed by atoms with Crippen molar-refractivity contribution >= 4 is 44.2 Å². The normalized spacial score (nSPS) is 11.9. The molecule has 0 aliphatic heterocycles. The molecule has 0 aliphatic carbocycles. The van der Waals surface area contributed by atoms with Crippen molar-refractivity contribution in [2.24, 2.45) is 4.99 Å². The van der Waals surface area contributed by atoms with Crippen molar-refractivity contribution < 1.29 is 14.3 Å². The molecule has 0 atom stereocenters. The molecule has 4 aromatic rings. The third-order valence-corrected chi connectivity index (χ3v) is 5.68. The number of hydrogen-bond acceptors (Lipinski definition) is 4. The van der Waals surface area contributed by atoms with Gasteiger partial charge in [-0.25, -0.2) is 0 Å². The molecule has 0 bridgehead atoms. The maximum absolute atomic E-state index is 13.0. The van der Waals surface area contributed by atoms with Gasteiger partial charge in [-0.05, 0) is 35.4 Å². The van der Waals surface area contributed by atoms with Crippen LogP contribution in [0.15, 0.2) is 65.7 Å². The van der Waals surface area contributed by atoms with Crippen LogP contribution in [0.5, 0.6) is 0 Å². The Morgan fingerprint density at radius 1 is 1.04 bits per heavy atom.